The second kappa shape index (κ2) is 5.09. The number of benzene rings is 1. The molecule has 0 aliphatic carbocycles. The van der Waals surface area contributed by atoms with E-state index in [4.69, 9.17) is 16.3 Å². The lowest BCUT2D eigenvalue weighted by molar-refractivity contribution is 0.467. The summed E-state index contributed by atoms with van der Waals surface area (Å²) in [7, 11) is 0. The molecule has 0 N–H and O–H groups in total. The maximum atomic E-state index is 5.81. The number of ether oxygens (including phenoxy) is 1. The summed E-state index contributed by atoms with van der Waals surface area (Å²) in [5.41, 5.74) is 0.981. The molecule has 0 atom stereocenters. The second-order valence-corrected chi connectivity index (χ2v) is 3.89. The van der Waals surface area contributed by atoms with Crippen molar-refractivity contribution in [1.29, 1.82) is 0 Å². The van der Waals surface area contributed by atoms with Gasteiger partial charge in [0.15, 0.2) is 0 Å². The fourth-order valence-corrected chi connectivity index (χ4v) is 1.84. The van der Waals surface area contributed by atoms with E-state index in [1.807, 2.05) is 43.3 Å². The number of para-hydroxylation sites is 1. The predicted octanol–water partition coefficient (Wildman–Crippen LogP) is 4.02. The average molecular weight is 253 g/mol. The lowest BCUT2D eigenvalue weighted by Gasteiger charge is -2.05. The van der Waals surface area contributed by atoms with Crippen LogP contribution in [0, 0.1) is 0 Å². The summed E-state index contributed by atoms with van der Waals surface area (Å²) in [5.74, 6) is 1.07. The molecule has 1 heterocycles. The number of aromatic nitrogens is 2. The number of allylic oxidation sites excluding steroid dienone is 1. The molecule has 5 heteroatoms. The van der Waals surface area contributed by atoms with E-state index in [0.717, 1.165) is 23.0 Å². The average Bonchev–Trinajstić information content (AvgIpc) is 2.68. The number of hydrogen-bond donors (Lipinski definition) is 0. The Bertz CT molecular complexity index is 510. The first kappa shape index (κ1) is 11.1. The Labute approximate surface area is 103 Å². The molecule has 0 saturated heterocycles. The molecule has 3 nitrogen and oxygen atoms in total. The van der Waals surface area contributed by atoms with Crippen molar-refractivity contribution in [2.24, 2.45) is 0 Å². The van der Waals surface area contributed by atoms with Crippen LogP contribution < -0.4 is 4.74 Å². The predicted molar refractivity (Wildman–Crippen MR) is 66.1 cm³/mol. The smallest absolute Gasteiger partial charge is 0.270 e. The summed E-state index contributed by atoms with van der Waals surface area (Å²) >= 11 is 6.84. The number of hydrogen-bond acceptors (Lipinski definition) is 4. The molecule has 1 aromatic carbocycles. The van der Waals surface area contributed by atoms with Gasteiger partial charge >= 0.3 is 0 Å². The highest BCUT2D eigenvalue weighted by Crippen LogP contribution is 2.29. The van der Waals surface area contributed by atoms with Crippen LogP contribution in [-0.2, 0) is 0 Å². The van der Waals surface area contributed by atoms with Crippen molar-refractivity contribution >= 4 is 29.4 Å². The fourth-order valence-electron chi connectivity index (χ4n) is 1.23. The molecule has 2 rings (SSSR count). The van der Waals surface area contributed by atoms with Gasteiger partial charge in [0.25, 0.3) is 5.88 Å². The van der Waals surface area contributed by atoms with E-state index >= 15 is 0 Å². The second-order valence-electron chi connectivity index (χ2n) is 3.00. The minimum atomic E-state index is 0.292. The van der Waals surface area contributed by atoms with Gasteiger partial charge < -0.3 is 4.74 Å². The molecule has 0 bridgehead atoms. The number of halogens is 1. The molecule has 0 radical (unpaired) electrons. The van der Waals surface area contributed by atoms with Crippen LogP contribution >= 0.6 is 23.3 Å². The first-order chi connectivity index (χ1) is 7.81. The van der Waals surface area contributed by atoms with Crippen LogP contribution in [0.15, 0.2) is 30.3 Å². The number of rotatable bonds is 3. The van der Waals surface area contributed by atoms with Crippen LogP contribution in [0.5, 0.6) is 11.6 Å². The fraction of sp³-hybridized carbons (Fsp3) is 0.0909. The summed E-state index contributed by atoms with van der Waals surface area (Å²) in [6.45, 7) is 1.95. The zero-order valence-electron chi connectivity index (χ0n) is 8.55. The molecule has 0 unspecified atom stereocenters. The highest BCUT2D eigenvalue weighted by atomic mass is 35.5. The van der Waals surface area contributed by atoms with Crippen molar-refractivity contribution in [3.63, 3.8) is 0 Å². The third kappa shape index (κ3) is 2.40. The van der Waals surface area contributed by atoms with Gasteiger partial charge in [0.2, 0.25) is 5.15 Å². The maximum absolute atomic E-state index is 5.81. The Morgan fingerprint density at radius 2 is 2.12 bits per heavy atom. The highest BCUT2D eigenvalue weighted by Gasteiger charge is 2.09. The summed E-state index contributed by atoms with van der Waals surface area (Å²) in [5, 5.41) is 0.292. The van der Waals surface area contributed by atoms with Gasteiger partial charge in [-0.25, -0.2) is 0 Å². The van der Waals surface area contributed by atoms with Gasteiger partial charge in [-0.15, -0.1) is 4.37 Å². The monoisotopic (exact) mass is 252 g/mol. The van der Waals surface area contributed by atoms with Crippen LogP contribution in [0.4, 0.5) is 0 Å². The summed E-state index contributed by atoms with van der Waals surface area (Å²) in [6, 6.07) is 7.67. The van der Waals surface area contributed by atoms with Gasteiger partial charge in [-0.05, 0) is 13.0 Å². The zero-order valence-corrected chi connectivity index (χ0v) is 10.1. The molecule has 0 aliphatic heterocycles. The molecule has 2 aromatic rings. The van der Waals surface area contributed by atoms with E-state index in [1.54, 1.807) is 0 Å². The van der Waals surface area contributed by atoms with E-state index in [2.05, 4.69) is 8.75 Å². The topological polar surface area (TPSA) is 35.0 Å². The van der Waals surface area contributed by atoms with Gasteiger partial charge in [0, 0.05) is 5.56 Å². The van der Waals surface area contributed by atoms with Crippen LogP contribution in [0.2, 0.25) is 5.15 Å². The van der Waals surface area contributed by atoms with Crippen molar-refractivity contribution in [1.82, 2.24) is 8.75 Å². The number of nitrogens with zero attached hydrogens (tertiary/aromatic N) is 2. The molecule has 0 spiro atoms. The molecule has 16 heavy (non-hydrogen) atoms. The summed E-state index contributed by atoms with van der Waals surface area (Å²) in [4.78, 5) is 0. The van der Waals surface area contributed by atoms with Crippen LogP contribution in [0.25, 0.3) is 6.08 Å². The van der Waals surface area contributed by atoms with E-state index < -0.39 is 0 Å². The van der Waals surface area contributed by atoms with Crippen LogP contribution in [0.1, 0.15) is 12.5 Å². The van der Waals surface area contributed by atoms with Crippen molar-refractivity contribution in [3.8, 4) is 11.6 Å². The lowest BCUT2D eigenvalue weighted by Crippen LogP contribution is -1.87. The minimum absolute atomic E-state index is 0.292. The third-order valence-corrected chi connectivity index (χ3v) is 2.75. The largest absolute Gasteiger partial charge is 0.435 e. The molecule has 82 valence electrons. The van der Waals surface area contributed by atoms with E-state index in [0.29, 0.717) is 11.0 Å². The molecule has 0 aliphatic rings. The Hall–Kier alpha value is -1.39. The first-order valence-electron chi connectivity index (χ1n) is 4.69. The summed E-state index contributed by atoms with van der Waals surface area (Å²) in [6.07, 6.45) is 3.91. The summed E-state index contributed by atoms with van der Waals surface area (Å²) < 4.78 is 13.4. The molecule has 0 saturated carbocycles. The Morgan fingerprint density at radius 3 is 2.81 bits per heavy atom. The molecular weight excluding hydrogens is 244 g/mol. The quantitative estimate of drug-likeness (QED) is 0.828. The third-order valence-electron chi connectivity index (χ3n) is 1.89. The van der Waals surface area contributed by atoms with Gasteiger partial charge in [0.05, 0.1) is 11.7 Å². The Balaban J connectivity index is 2.31. The highest BCUT2D eigenvalue weighted by molar-refractivity contribution is 6.99. The first-order valence-corrected chi connectivity index (χ1v) is 5.79. The van der Waals surface area contributed by atoms with Crippen molar-refractivity contribution in [2.45, 2.75) is 6.92 Å². The Kier molecular flexibility index (Phi) is 3.54. The standard InChI is InChI=1S/C11H9ClN2OS/c1-2-5-8-6-3-4-7-9(8)15-11-10(12)13-16-14-11/h2-7H,1H3/b5-2+. The van der Waals surface area contributed by atoms with Crippen LogP contribution in [-0.4, -0.2) is 8.75 Å². The molecule has 0 amide bonds. The van der Waals surface area contributed by atoms with Gasteiger partial charge in [0.1, 0.15) is 5.75 Å². The van der Waals surface area contributed by atoms with Crippen LogP contribution in [0.3, 0.4) is 0 Å². The SMILES string of the molecule is C/C=C/c1ccccc1Oc1nsnc1Cl. The van der Waals surface area contributed by atoms with Gasteiger partial charge in [-0.1, -0.05) is 42.0 Å². The van der Waals surface area contributed by atoms with E-state index in [1.165, 1.54) is 0 Å². The molecule has 1 aromatic heterocycles. The van der Waals surface area contributed by atoms with Crippen molar-refractivity contribution in [2.75, 3.05) is 0 Å². The maximum Gasteiger partial charge on any atom is 0.270 e. The van der Waals surface area contributed by atoms with Crippen molar-refractivity contribution < 1.29 is 4.74 Å². The lowest BCUT2D eigenvalue weighted by atomic mass is 10.2. The molecular formula is C11H9ClN2OS. The van der Waals surface area contributed by atoms with Gasteiger partial charge in [-0.2, -0.15) is 4.37 Å². The van der Waals surface area contributed by atoms with Crippen molar-refractivity contribution in [3.05, 3.63) is 41.1 Å². The van der Waals surface area contributed by atoms with Gasteiger partial charge in [-0.3, -0.25) is 0 Å². The normalized spacial score (nSPS) is 10.9. The van der Waals surface area contributed by atoms with E-state index in [-0.39, 0.29) is 0 Å². The Morgan fingerprint density at radius 1 is 1.31 bits per heavy atom. The van der Waals surface area contributed by atoms with E-state index in [9.17, 15) is 0 Å². The molecule has 0 fully saturated rings. The zero-order chi connectivity index (χ0) is 11.4. The minimum Gasteiger partial charge on any atom is -0.435 e.